The summed E-state index contributed by atoms with van der Waals surface area (Å²) >= 11 is 6.08. The van der Waals surface area contributed by atoms with Crippen molar-refractivity contribution in [2.45, 2.75) is 26.9 Å². The van der Waals surface area contributed by atoms with Crippen LogP contribution < -0.4 is 11.1 Å². The molecule has 0 bridgehead atoms. The Morgan fingerprint density at radius 2 is 1.65 bits per heavy atom. The van der Waals surface area contributed by atoms with Crippen molar-refractivity contribution in [1.29, 1.82) is 0 Å². The van der Waals surface area contributed by atoms with Crippen LogP contribution >= 0.6 is 11.6 Å². The number of fused-ring (bicyclic) bond motifs is 2. The molecule has 26 heavy (non-hydrogen) atoms. The highest BCUT2D eigenvalue weighted by molar-refractivity contribution is 6.30. The van der Waals surface area contributed by atoms with Crippen LogP contribution in [0, 0.1) is 0 Å². The maximum absolute atomic E-state index is 12.4. The van der Waals surface area contributed by atoms with E-state index in [0.717, 1.165) is 16.6 Å². The third-order valence-electron chi connectivity index (χ3n) is 4.56. The highest BCUT2D eigenvalue weighted by Crippen LogP contribution is 2.25. The number of aromatic amines is 1. The van der Waals surface area contributed by atoms with E-state index in [2.05, 4.69) is 9.97 Å². The molecule has 2 heterocycles. The monoisotopic (exact) mass is 368 g/mol. The summed E-state index contributed by atoms with van der Waals surface area (Å²) in [5, 5.41) is 0.632. The zero-order valence-electron chi connectivity index (χ0n) is 14.4. The molecule has 1 N–H and O–H groups in total. The Balaban J connectivity index is 2.07. The van der Waals surface area contributed by atoms with Crippen molar-refractivity contribution >= 4 is 33.7 Å². The first-order valence-corrected chi connectivity index (χ1v) is 8.84. The molecule has 4 rings (SSSR count). The lowest BCUT2D eigenvalue weighted by atomic mass is 10.2. The Bertz CT molecular complexity index is 1190. The molecule has 0 radical (unpaired) electrons. The summed E-state index contributed by atoms with van der Waals surface area (Å²) in [6, 6.07) is 11.2. The maximum atomic E-state index is 12.4. The second-order valence-corrected chi connectivity index (χ2v) is 6.49. The minimum atomic E-state index is -0.508. The van der Waals surface area contributed by atoms with Crippen LogP contribution in [0.1, 0.15) is 13.8 Å². The molecule has 7 heteroatoms. The summed E-state index contributed by atoms with van der Waals surface area (Å²) in [4.78, 5) is 32.7. The van der Waals surface area contributed by atoms with Crippen molar-refractivity contribution in [1.82, 2.24) is 19.1 Å². The fourth-order valence-corrected chi connectivity index (χ4v) is 3.51. The van der Waals surface area contributed by atoms with E-state index in [-0.39, 0.29) is 0 Å². The van der Waals surface area contributed by atoms with E-state index in [1.54, 1.807) is 0 Å². The summed E-state index contributed by atoms with van der Waals surface area (Å²) in [7, 11) is 0. The Morgan fingerprint density at radius 3 is 2.27 bits per heavy atom. The van der Waals surface area contributed by atoms with Gasteiger partial charge < -0.3 is 14.1 Å². The minimum Gasteiger partial charge on any atom is -0.338 e. The van der Waals surface area contributed by atoms with Crippen molar-refractivity contribution in [3.8, 4) is 11.4 Å². The molecule has 0 aliphatic carbocycles. The van der Waals surface area contributed by atoms with E-state index in [4.69, 9.17) is 11.6 Å². The van der Waals surface area contributed by atoms with Gasteiger partial charge >= 0.3 is 11.1 Å². The third-order valence-corrected chi connectivity index (χ3v) is 4.80. The lowest BCUT2D eigenvalue weighted by molar-refractivity contribution is 0.683. The van der Waals surface area contributed by atoms with Crippen LogP contribution in [-0.2, 0) is 13.1 Å². The van der Waals surface area contributed by atoms with E-state index < -0.39 is 11.1 Å². The van der Waals surface area contributed by atoms with Gasteiger partial charge in [0.25, 0.3) is 0 Å². The number of nitrogens with one attached hydrogen (secondary N) is 1. The van der Waals surface area contributed by atoms with E-state index in [9.17, 15) is 9.59 Å². The van der Waals surface area contributed by atoms with Crippen LogP contribution in [0.25, 0.3) is 33.5 Å². The fourth-order valence-electron chi connectivity index (χ4n) is 3.32. The molecule has 2 aromatic heterocycles. The van der Waals surface area contributed by atoms with Crippen LogP contribution in [0.2, 0.25) is 5.02 Å². The molecule has 0 unspecified atom stereocenters. The number of halogens is 1. The molecule has 0 saturated heterocycles. The van der Waals surface area contributed by atoms with Crippen molar-refractivity contribution in [2.24, 2.45) is 0 Å². The zero-order valence-corrected chi connectivity index (χ0v) is 15.2. The first kappa shape index (κ1) is 16.6. The molecule has 0 saturated carbocycles. The summed E-state index contributed by atoms with van der Waals surface area (Å²) < 4.78 is 3.00. The Labute approximate surface area is 153 Å². The number of aryl methyl sites for hydroxylation is 2. The van der Waals surface area contributed by atoms with Gasteiger partial charge in [0.05, 0.1) is 22.1 Å². The third kappa shape index (κ3) is 2.45. The second kappa shape index (κ2) is 6.14. The molecule has 2 aromatic carbocycles. The van der Waals surface area contributed by atoms with Crippen molar-refractivity contribution in [2.75, 3.05) is 0 Å². The lowest BCUT2D eigenvalue weighted by Crippen LogP contribution is -2.41. The van der Waals surface area contributed by atoms with Crippen LogP contribution in [0.5, 0.6) is 0 Å². The molecular formula is C19H17ClN4O2. The van der Waals surface area contributed by atoms with Gasteiger partial charge in [-0.1, -0.05) is 23.7 Å². The highest BCUT2D eigenvalue weighted by atomic mass is 35.5. The maximum Gasteiger partial charge on any atom is 0.316 e. The molecule has 0 fully saturated rings. The van der Waals surface area contributed by atoms with Gasteiger partial charge in [0.1, 0.15) is 5.82 Å². The molecule has 0 aliphatic heterocycles. The summed E-state index contributed by atoms with van der Waals surface area (Å²) in [5.41, 5.74) is 2.81. The van der Waals surface area contributed by atoms with E-state index in [1.807, 2.05) is 50.2 Å². The minimum absolute atomic E-state index is 0.423. The number of nitrogens with zero attached hydrogens (tertiary/aromatic N) is 3. The van der Waals surface area contributed by atoms with Crippen molar-refractivity contribution in [3.05, 3.63) is 62.1 Å². The molecule has 0 atom stereocenters. The SMILES string of the molecule is CCn1c(=O)c(=O)n(CC)c2cc3[nH]c(-c4cccc(Cl)c4)nc3cc21. The van der Waals surface area contributed by atoms with E-state index in [1.165, 1.54) is 9.13 Å². The van der Waals surface area contributed by atoms with Gasteiger partial charge in [-0.2, -0.15) is 0 Å². The number of H-pyrrole nitrogens is 1. The summed E-state index contributed by atoms with van der Waals surface area (Å²) in [5.74, 6) is 0.689. The molecule has 0 aliphatic rings. The molecule has 0 spiro atoms. The predicted molar refractivity (Wildman–Crippen MR) is 104 cm³/mol. The Kier molecular flexibility index (Phi) is 3.92. The fraction of sp³-hybridized carbons (Fsp3) is 0.211. The average Bonchev–Trinajstić information content (AvgIpc) is 3.05. The molecule has 0 amide bonds. The largest absolute Gasteiger partial charge is 0.338 e. The van der Waals surface area contributed by atoms with Gasteiger partial charge in [-0.15, -0.1) is 0 Å². The van der Waals surface area contributed by atoms with Gasteiger partial charge in [-0.05, 0) is 38.1 Å². The van der Waals surface area contributed by atoms with E-state index in [0.29, 0.717) is 35.0 Å². The molecule has 4 aromatic rings. The topological polar surface area (TPSA) is 72.7 Å². The first-order valence-electron chi connectivity index (χ1n) is 8.46. The lowest BCUT2D eigenvalue weighted by Gasteiger charge is -2.12. The normalized spacial score (nSPS) is 11.5. The average molecular weight is 369 g/mol. The number of rotatable bonds is 3. The summed E-state index contributed by atoms with van der Waals surface area (Å²) in [6.45, 7) is 4.55. The van der Waals surface area contributed by atoms with Crippen LogP contribution in [0.15, 0.2) is 46.0 Å². The van der Waals surface area contributed by atoms with E-state index >= 15 is 0 Å². The zero-order chi connectivity index (χ0) is 18.4. The van der Waals surface area contributed by atoms with Gasteiger partial charge in [0, 0.05) is 23.7 Å². The molecule has 6 nitrogen and oxygen atoms in total. The Morgan fingerprint density at radius 1 is 1.00 bits per heavy atom. The van der Waals surface area contributed by atoms with Crippen molar-refractivity contribution < 1.29 is 0 Å². The number of hydrogen-bond acceptors (Lipinski definition) is 3. The second-order valence-electron chi connectivity index (χ2n) is 6.05. The standard InChI is InChI=1S/C19H17ClN4O2/c1-3-23-15-9-13-14(10-16(15)24(4-2)19(26)18(23)25)22-17(21-13)11-6-5-7-12(20)8-11/h5-10H,3-4H2,1-2H3,(H,21,22). The smallest absolute Gasteiger partial charge is 0.316 e. The number of aromatic nitrogens is 4. The molecular weight excluding hydrogens is 352 g/mol. The Hall–Kier alpha value is -2.86. The van der Waals surface area contributed by atoms with Gasteiger partial charge in [0.2, 0.25) is 0 Å². The van der Waals surface area contributed by atoms with Crippen LogP contribution in [0.3, 0.4) is 0 Å². The number of benzene rings is 2. The highest BCUT2D eigenvalue weighted by Gasteiger charge is 2.14. The van der Waals surface area contributed by atoms with Gasteiger partial charge in [0.15, 0.2) is 0 Å². The quantitative estimate of drug-likeness (QED) is 0.563. The molecule has 132 valence electrons. The van der Waals surface area contributed by atoms with Crippen molar-refractivity contribution in [3.63, 3.8) is 0 Å². The van der Waals surface area contributed by atoms with Crippen LogP contribution in [-0.4, -0.2) is 19.1 Å². The predicted octanol–water partition coefficient (Wildman–Crippen LogP) is 3.40. The first-order chi connectivity index (χ1) is 12.5. The van der Waals surface area contributed by atoms with Crippen LogP contribution in [0.4, 0.5) is 0 Å². The number of hydrogen-bond donors (Lipinski definition) is 1. The van der Waals surface area contributed by atoms with Gasteiger partial charge in [-0.3, -0.25) is 9.59 Å². The van der Waals surface area contributed by atoms with Gasteiger partial charge in [-0.25, -0.2) is 4.98 Å². The summed E-state index contributed by atoms with van der Waals surface area (Å²) in [6.07, 6.45) is 0. The number of imidazole rings is 1.